The molecule has 0 bridgehead atoms. The summed E-state index contributed by atoms with van der Waals surface area (Å²) in [7, 11) is 0. The fourth-order valence-electron chi connectivity index (χ4n) is 2.74. The van der Waals surface area contributed by atoms with Crippen LogP contribution < -0.4 is 10.1 Å². The van der Waals surface area contributed by atoms with Gasteiger partial charge in [0, 0.05) is 18.8 Å². The molecule has 2 N–H and O–H groups in total. The monoisotopic (exact) mass is 456 g/mol. The third-order valence-electron chi connectivity index (χ3n) is 4.06. The lowest BCUT2D eigenvalue weighted by molar-refractivity contribution is -0.150. The second-order valence-electron chi connectivity index (χ2n) is 6.48. The Morgan fingerprint density at radius 3 is 2.47 bits per heavy atom. The van der Waals surface area contributed by atoms with Crippen molar-refractivity contribution in [2.24, 2.45) is 5.92 Å². The van der Waals surface area contributed by atoms with Gasteiger partial charge in [-0.1, -0.05) is 25.4 Å². The Kier molecular flexibility index (Phi) is 7.11. The molecule has 1 atom stereocenters. The average Bonchev–Trinajstić information content (AvgIpc) is 2.94. The molecule has 0 spiro atoms. The molecular formula is C17H18ClF5N4O3. The molecule has 0 saturated carbocycles. The number of carboxylic acids is 1. The van der Waals surface area contributed by atoms with Crippen molar-refractivity contribution in [3.8, 4) is 17.0 Å². The Balaban J connectivity index is 2.59. The van der Waals surface area contributed by atoms with Gasteiger partial charge in [0.15, 0.2) is 5.69 Å². The van der Waals surface area contributed by atoms with Crippen LogP contribution in [-0.4, -0.2) is 44.7 Å². The van der Waals surface area contributed by atoms with Gasteiger partial charge in [-0.25, -0.2) is 9.78 Å². The molecule has 1 unspecified atom stereocenters. The lowest BCUT2D eigenvalue weighted by Gasteiger charge is -2.25. The van der Waals surface area contributed by atoms with E-state index in [1.165, 1.54) is 13.8 Å². The first-order valence-electron chi connectivity index (χ1n) is 8.64. The van der Waals surface area contributed by atoms with Gasteiger partial charge in [0.25, 0.3) is 0 Å². The van der Waals surface area contributed by atoms with E-state index in [2.05, 4.69) is 20.1 Å². The summed E-state index contributed by atoms with van der Waals surface area (Å²) >= 11 is 6.07. The van der Waals surface area contributed by atoms with Crippen molar-refractivity contribution in [2.75, 3.05) is 5.32 Å². The number of carbonyl (C=O) groups is 1. The number of halogens is 6. The van der Waals surface area contributed by atoms with Gasteiger partial charge >= 0.3 is 18.8 Å². The third-order valence-corrected chi connectivity index (χ3v) is 4.41. The van der Waals surface area contributed by atoms with Crippen molar-refractivity contribution < 1.29 is 36.6 Å². The zero-order valence-corrected chi connectivity index (χ0v) is 16.7. The number of rotatable bonds is 8. The molecule has 0 amide bonds. The largest absolute Gasteiger partial charge is 0.476 e. The van der Waals surface area contributed by atoms with Gasteiger partial charge < -0.3 is 15.2 Å². The van der Waals surface area contributed by atoms with E-state index in [4.69, 9.17) is 11.6 Å². The smallest absolute Gasteiger partial charge is 0.408 e. The van der Waals surface area contributed by atoms with Crippen LogP contribution in [0.5, 0.6) is 5.75 Å². The number of aryl methyl sites for hydroxylation is 1. The molecule has 0 fully saturated rings. The van der Waals surface area contributed by atoms with E-state index in [0.29, 0.717) is 0 Å². The van der Waals surface area contributed by atoms with Crippen LogP contribution in [0, 0.1) is 5.92 Å². The maximum atomic E-state index is 13.2. The number of hydrogen-bond donors (Lipinski definition) is 2. The van der Waals surface area contributed by atoms with Gasteiger partial charge in [0.2, 0.25) is 0 Å². The Morgan fingerprint density at radius 1 is 1.37 bits per heavy atom. The Morgan fingerprint density at radius 2 is 2.00 bits per heavy atom. The van der Waals surface area contributed by atoms with E-state index in [-0.39, 0.29) is 28.6 Å². The Hall–Kier alpha value is -2.63. The molecule has 2 aromatic heterocycles. The summed E-state index contributed by atoms with van der Waals surface area (Å²) < 4.78 is 71.1. The first kappa shape index (κ1) is 23.6. The number of aromatic carboxylic acids is 1. The summed E-state index contributed by atoms with van der Waals surface area (Å²) in [6.45, 7) is 1.09. The number of alkyl halides is 5. The standard InChI is InChI=1S/C17H18ClF5N4O3/c1-4-27-13(11(18)12(26-27)15(28)29)8-6-24-10(5-9(8)30-16(19)20)25-14(7(2)3)17(21,22)23/h5-7,14,16H,4H2,1-3H3,(H,24,25)(H,28,29). The normalized spacial score (nSPS) is 13.0. The highest BCUT2D eigenvalue weighted by Gasteiger charge is 2.42. The fourth-order valence-corrected chi connectivity index (χ4v) is 3.05. The van der Waals surface area contributed by atoms with Crippen LogP contribution >= 0.6 is 11.6 Å². The van der Waals surface area contributed by atoms with Gasteiger partial charge in [-0.15, -0.1) is 0 Å². The van der Waals surface area contributed by atoms with E-state index in [1.807, 2.05) is 0 Å². The second-order valence-corrected chi connectivity index (χ2v) is 6.86. The van der Waals surface area contributed by atoms with Crippen molar-refractivity contribution in [3.63, 3.8) is 0 Å². The summed E-state index contributed by atoms with van der Waals surface area (Å²) in [6, 6.07) is -1.12. The molecule has 2 aromatic rings. The molecule has 0 radical (unpaired) electrons. The molecule has 13 heteroatoms. The predicted molar refractivity (Wildman–Crippen MR) is 98.0 cm³/mol. The van der Waals surface area contributed by atoms with Gasteiger partial charge in [-0.3, -0.25) is 4.68 Å². The summed E-state index contributed by atoms with van der Waals surface area (Å²) in [5, 5.41) is 14.8. The molecule has 0 saturated heterocycles. The maximum absolute atomic E-state index is 13.2. The number of hydrogen-bond acceptors (Lipinski definition) is 5. The molecule has 7 nitrogen and oxygen atoms in total. The van der Waals surface area contributed by atoms with Crippen LogP contribution in [0.4, 0.5) is 27.8 Å². The fraction of sp³-hybridized carbons (Fsp3) is 0.471. The van der Waals surface area contributed by atoms with Crippen molar-refractivity contribution in [2.45, 2.75) is 46.1 Å². The second kappa shape index (κ2) is 9.02. The topological polar surface area (TPSA) is 89.3 Å². The number of carboxylic acid groups (broad SMARTS) is 1. The van der Waals surface area contributed by atoms with Crippen LogP contribution in [0.2, 0.25) is 5.02 Å². The van der Waals surface area contributed by atoms with Crippen LogP contribution in [-0.2, 0) is 6.54 Å². The third kappa shape index (κ3) is 5.10. The summed E-state index contributed by atoms with van der Waals surface area (Å²) in [6.07, 6.45) is -3.65. The number of aromatic nitrogens is 3. The molecule has 30 heavy (non-hydrogen) atoms. The molecule has 2 rings (SSSR count). The molecule has 2 heterocycles. The number of ether oxygens (including phenoxy) is 1. The number of nitrogens with zero attached hydrogens (tertiary/aromatic N) is 3. The number of anilines is 1. The summed E-state index contributed by atoms with van der Waals surface area (Å²) in [5.41, 5.74) is -0.737. The van der Waals surface area contributed by atoms with Crippen LogP contribution in [0.3, 0.4) is 0 Å². The van der Waals surface area contributed by atoms with Crippen LogP contribution in [0.15, 0.2) is 12.3 Å². The van der Waals surface area contributed by atoms with Gasteiger partial charge in [0.05, 0.1) is 11.3 Å². The molecule has 0 aliphatic rings. The van der Waals surface area contributed by atoms with E-state index >= 15 is 0 Å². The zero-order valence-electron chi connectivity index (χ0n) is 16.0. The van der Waals surface area contributed by atoms with E-state index in [9.17, 15) is 31.9 Å². The first-order valence-corrected chi connectivity index (χ1v) is 9.02. The van der Waals surface area contributed by atoms with E-state index in [0.717, 1.165) is 16.9 Å². The number of pyridine rings is 1. The van der Waals surface area contributed by atoms with Crippen LogP contribution in [0.1, 0.15) is 31.3 Å². The zero-order chi connectivity index (χ0) is 22.8. The van der Waals surface area contributed by atoms with Crippen molar-refractivity contribution in [1.82, 2.24) is 14.8 Å². The van der Waals surface area contributed by atoms with Crippen molar-refractivity contribution >= 4 is 23.4 Å². The van der Waals surface area contributed by atoms with Crippen molar-refractivity contribution in [3.05, 3.63) is 23.0 Å². The van der Waals surface area contributed by atoms with Gasteiger partial charge in [-0.2, -0.15) is 27.1 Å². The van der Waals surface area contributed by atoms with Gasteiger partial charge in [-0.05, 0) is 12.8 Å². The molecule has 0 aliphatic heterocycles. The SMILES string of the molecule is CCn1nc(C(=O)O)c(Cl)c1-c1cnc(NC(C(C)C)C(F)(F)F)cc1OC(F)F. The highest BCUT2D eigenvalue weighted by molar-refractivity contribution is 6.35. The van der Waals surface area contributed by atoms with Crippen LogP contribution in [0.25, 0.3) is 11.3 Å². The summed E-state index contributed by atoms with van der Waals surface area (Å²) in [4.78, 5) is 15.1. The minimum atomic E-state index is -4.61. The Bertz CT molecular complexity index is 918. The highest BCUT2D eigenvalue weighted by atomic mass is 35.5. The minimum Gasteiger partial charge on any atom is -0.476 e. The van der Waals surface area contributed by atoms with E-state index in [1.54, 1.807) is 6.92 Å². The molecule has 0 aliphatic carbocycles. The first-order chi connectivity index (χ1) is 13.9. The lowest BCUT2D eigenvalue weighted by Crippen LogP contribution is -2.40. The average molecular weight is 457 g/mol. The minimum absolute atomic E-state index is 0.0671. The highest BCUT2D eigenvalue weighted by Crippen LogP contribution is 2.39. The lowest BCUT2D eigenvalue weighted by atomic mass is 10.0. The molecule has 0 aromatic carbocycles. The Labute approximate surface area is 172 Å². The summed E-state index contributed by atoms with van der Waals surface area (Å²) in [5.74, 6) is -3.22. The number of nitrogens with one attached hydrogen (secondary N) is 1. The van der Waals surface area contributed by atoms with E-state index < -0.39 is 42.2 Å². The molecule has 166 valence electrons. The van der Waals surface area contributed by atoms with Crippen molar-refractivity contribution in [1.29, 1.82) is 0 Å². The maximum Gasteiger partial charge on any atom is 0.408 e. The predicted octanol–water partition coefficient (Wildman–Crippen LogP) is 4.92. The molecular weight excluding hydrogens is 439 g/mol. The quantitative estimate of drug-likeness (QED) is 0.548. The van der Waals surface area contributed by atoms with Gasteiger partial charge in [0.1, 0.15) is 22.6 Å².